The highest BCUT2D eigenvalue weighted by Gasteiger charge is 2.13. The number of nitrogens with zero attached hydrogens (tertiary/aromatic N) is 3. The van der Waals surface area contributed by atoms with Gasteiger partial charge in [0.25, 0.3) is 5.91 Å². The molecule has 3 N–H and O–H groups in total. The Kier molecular flexibility index (Phi) is 4.05. The predicted molar refractivity (Wildman–Crippen MR) is 72.3 cm³/mol. The second-order valence-corrected chi connectivity index (χ2v) is 4.11. The summed E-state index contributed by atoms with van der Waals surface area (Å²) in [5, 5.41) is 10.7. The largest absolute Gasteiger partial charge is 0.348 e. The molecule has 9 heteroatoms. The second kappa shape index (κ2) is 5.92. The van der Waals surface area contributed by atoms with Gasteiger partial charge in [0.1, 0.15) is 6.20 Å². The minimum atomic E-state index is -0.651. The van der Waals surface area contributed by atoms with Crippen LogP contribution in [0.4, 0.5) is 5.69 Å². The molecule has 1 heterocycles. The van der Waals surface area contributed by atoms with Crippen molar-refractivity contribution in [3.63, 3.8) is 0 Å². The Morgan fingerprint density at radius 2 is 2.14 bits per heavy atom. The van der Waals surface area contributed by atoms with Crippen molar-refractivity contribution in [3.05, 3.63) is 68.4 Å². The molecule has 1 aromatic heterocycles. The fourth-order valence-corrected chi connectivity index (χ4v) is 1.79. The summed E-state index contributed by atoms with van der Waals surface area (Å²) in [6.45, 7) is -0.0306. The fraction of sp³-hybridized carbons (Fsp3) is 0.0833. The third-order valence-electron chi connectivity index (χ3n) is 2.79. The molecule has 0 aliphatic carbocycles. The van der Waals surface area contributed by atoms with Crippen molar-refractivity contribution >= 4 is 11.6 Å². The van der Waals surface area contributed by atoms with Crippen LogP contribution in [0.15, 0.2) is 41.5 Å². The van der Waals surface area contributed by atoms with Gasteiger partial charge in [0, 0.05) is 5.56 Å². The van der Waals surface area contributed by atoms with Crippen LogP contribution in [0, 0.1) is 10.1 Å². The smallest absolute Gasteiger partial charge is 0.290 e. The molecule has 0 aliphatic heterocycles. The first-order valence-electron chi connectivity index (χ1n) is 5.82. The number of hydrogen-bond acceptors (Lipinski definition) is 6. The number of nitro groups is 1. The van der Waals surface area contributed by atoms with Gasteiger partial charge in [0.05, 0.1) is 17.7 Å². The van der Waals surface area contributed by atoms with Gasteiger partial charge in [-0.05, 0) is 11.6 Å². The Hall–Kier alpha value is -3.07. The first-order chi connectivity index (χ1) is 10.0. The topological polar surface area (TPSA) is 133 Å². The molecule has 2 aromatic rings. The van der Waals surface area contributed by atoms with E-state index in [0.717, 1.165) is 17.0 Å². The molecule has 0 spiro atoms. The lowest BCUT2D eigenvalue weighted by Gasteiger charge is -2.09. The zero-order chi connectivity index (χ0) is 15.4. The summed E-state index contributed by atoms with van der Waals surface area (Å²) in [7, 11) is 0. The standard InChI is InChI=1S/C12H11N5O4/c13-15-11(18)10-4-2-1-3-8(10)6-16-7-9(17(20)21)5-14-12(16)19/h1-5,7H,6,13H2,(H,15,18). The molecule has 1 amide bonds. The number of aromatic nitrogens is 2. The first-order valence-corrected chi connectivity index (χ1v) is 5.82. The average molecular weight is 289 g/mol. The molecule has 108 valence electrons. The molecule has 0 saturated heterocycles. The maximum atomic E-state index is 11.7. The average Bonchev–Trinajstić information content (AvgIpc) is 2.49. The van der Waals surface area contributed by atoms with E-state index < -0.39 is 16.5 Å². The number of nitrogens with two attached hydrogens (primary N) is 1. The molecule has 2 rings (SSSR count). The minimum Gasteiger partial charge on any atom is -0.290 e. The third-order valence-corrected chi connectivity index (χ3v) is 2.79. The summed E-state index contributed by atoms with van der Waals surface area (Å²) >= 11 is 0. The van der Waals surface area contributed by atoms with E-state index in [2.05, 4.69) is 4.98 Å². The molecule has 9 nitrogen and oxygen atoms in total. The van der Waals surface area contributed by atoms with Gasteiger partial charge in [0.15, 0.2) is 0 Å². The Balaban J connectivity index is 2.43. The maximum Gasteiger partial charge on any atom is 0.348 e. The Labute approximate surface area is 118 Å². The molecule has 0 saturated carbocycles. The van der Waals surface area contributed by atoms with E-state index in [1.807, 2.05) is 5.43 Å². The summed E-state index contributed by atoms with van der Waals surface area (Å²) in [6, 6.07) is 6.48. The molecule has 1 aromatic carbocycles. The van der Waals surface area contributed by atoms with Crippen LogP contribution in [0.3, 0.4) is 0 Å². The SMILES string of the molecule is NNC(=O)c1ccccc1Cn1cc([N+](=O)[O-])cnc1=O. The van der Waals surface area contributed by atoms with Gasteiger partial charge in [-0.2, -0.15) is 4.98 Å². The van der Waals surface area contributed by atoms with E-state index in [-0.39, 0.29) is 17.8 Å². The van der Waals surface area contributed by atoms with Crippen molar-refractivity contribution in [2.45, 2.75) is 6.54 Å². The Morgan fingerprint density at radius 3 is 2.81 bits per heavy atom. The number of carbonyl (C=O) groups excluding carboxylic acids is 1. The number of hydrazine groups is 1. The van der Waals surface area contributed by atoms with E-state index in [1.54, 1.807) is 18.2 Å². The molecule has 0 aliphatic rings. The van der Waals surface area contributed by atoms with Crippen LogP contribution in [0.1, 0.15) is 15.9 Å². The maximum absolute atomic E-state index is 11.7. The van der Waals surface area contributed by atoms with Crippen LogP contribution < -0.4 is 17.0 Å². The number of hydrogen-bond donors (Lipinski definition) is 2. The van der Waals surface area contributed by atoms with Gasteiger partial charge < -0.3 is 0 Å². The van der Waals surface area contributed by atoms with Crippen molar-refractivity contribution in [1.29, 1.82) is 0 Å². The van der Waals surface area contributed by atoms with E-state index in [9.17, 15) is 19.7 Å². The molecule has 0 radical (unpaired) electrons. The number of amides is 1. The van der Waals surface area contributed by atoms with E-state index in [0.29, 0.717) is 5.56 Å². The number of carbonyl (C=O) groups is 1. The lowest BCUT2D eigenvalue weighted by Crippen LogP contribution is -2.31. The molecular formula is C12H11N5O4. The highest BCUT2D eigenvalue weighted by atomic mass is 16.6. The van der Waals surface area contributed by atoms with Crippen molar-refractivity contribution in [3.8, 4) is 0 Å². The normalized spacial score (nSPS) is 10.1. The fourth-order valence-electron chi connectivity index (χ4n) is 1.79. The lowest BCUT2D eigenvalue weighted by molar-refractivity contribution is -0.385. The zero-order valence-electron chi connectivity index (χ0n) is 10.7. The first kappa shape index (κ1) is 14.3. The van der Waals surface area contributed by atoms with Gasteiger partial charge in [-0.1, -0.05) is 18.2 Å². The lowest BCUT2D eigenvalue weighted by atomic mass is 10.1. The van der Waals surface area contributed by atoms with Crippen LogP contribution in [0.5, 0.6) is 0 Å². The van der Waals surface area contributed by atoms with Crippen molar-refractivity contribution in [2.75, 3.05) is 0 Å². The van der Waals surface area contributed by atoms with Crippen LogP contribution >= 0.6 is 0 Å². The van der Waals surface area contributed by atoms with Crippen molar-refractivity contribution in [2.24, 2.45) is 5.84 Å². The van der Waals surface area contributed by atoms with Gasteiger partial charge >= 0.3 is 11.4 Å². The predicted octanol–water partition coefficient (Wildman–Crippen LogP) is -0.197. The number of nitrogen functional groups attached to an aromatic ring is 1. The van der Waals surface area contributed by atoms with Crippen LogP contribution in [0.25, 0.3) is 0 Å². The van der Waals surface area contributed by atoms with Crippen LogP contribution in [0.2, 0.25) is 0 Å². The molecule has 0 atom stereocenters. The van der Waals surface area contributed by atoms with Gasteiger partial charge in [-0.15, -0.1) is 0 Å². The van der Waals surface area contributed by atoms with E-state index in [4.69, 9.17) is 5.84 Å². The number of nitrogens with one attached hydrogen (secondary N) is 1. The van der Waals surface area contributed by atoms with Crippen molar-refractivity contribution in [1.82, 2.24) is 15.0 Å². The summed E-state index contributed by atoms with van der Waals surface area (Å²) in [4.78, 5) is 36.8. The number of rotatable bonds is 4. The second-order valence-electron chi connectivity index (χ2n) is 4.11. The van der Waals surface area contributed by atoms with Crippen molar-refractivity contribution < 1.29 is 9.72 Å². The highest BCUT2D eigenvalue weighted by molar-refractivity contribution is 5.95. The zero-order valence-corrected chi connectivity index (χ0v) is 10.7. The van der Waals surface area contributed by atoms with Gasteiger partial charge in [0.2, 0.25) is 0 Å². The number of benzene rings is 1. The quantitative estimate of drug-likeness (QED) is 0.346. The van der Waals surface area contributed by atoms with E-state index in [1.165, 1.54) is 6.07 Å². The highest BCUT2D eigenvalue weighted by Crippen LogP contribution is 2.11. The third kappa shape index (κ3) is 3.09. The molecule has 21 heavy (non-hydrogen) atoms. The molecule has 0 bridgehead atoms. The van der Waals surface area contributed by atoms with Gasteiger partial charge in [-0.3, -0.25) is 24.9 Å². The Morgan fingerprint density at radius 1 is 1.43 bits per heavy atom. The summed E-state index contributed by atoms with van der Waals surface area (Å²) in [6.07, 6.45) is 1.96. The van der Waals surface area contributed by atoms with E-state index >= 15 is 0 Å². The molecule has 0 fully saturated rings. The summed E-state index contributed by atoms with van der Waals surface area (Å²) in [5.74, 6) is 4.57. The molecular weight excluding hydrogens is 278 g/mol. The monoisotopic (exact) mass is 289 g/mol. The summed E-state index contributed by atoms with van der Waals surface area (Å²) in [5.41, 5.74) is 1.81. The minimum absolute atomic E-state index is 0.0306. The molecule has 0 unspecified atom stereocenters. The van der Waals surface area contributed by atoms with Crippen LogP contribution in [-0.4, -0.2) is 20.4 Å². The Bertz CT molecular complexity index is 755. The van der Waals surface area contributed by atoms with Gasteiger partial charge in [-0.25, -0.2) is 10.6 Å². The van der Waals surface area contributed by atoms with Crippen LogP contribution in [-0.2, 0) is 6.54 Å². The summed E-state index contributed by atoms with van der Waals surface area (Å²) < 4.78 is 1.06.